The third kappa shape index (κ3) is 3.52. The van der Waals surface area contributed by atoms with E-state index >= 15 is 0 Å². The standard InChI is InChI=1S/C16H19F3N2O4S/c1-11-10-21(15(22)25-11)12-6-8-20(9-7-12)26(23,24)14-5-3-2-4-13(14)16(17,18)19/h2-5,11-12H,6-10H2,1H3. The van der Waals surface area contributed by atoms with E-state index < -0.39 is 32.8 Å². The molecule has 0 aromatic heterocycles. The number of alkyl halides is 3. The molecule has 2 heterocycles. The Morgan fingerprint density at radius 3 is 2.31 bits per heavy atom. The maximum Gasteiger partial charge on any atom is 0.417 e. The lowest BCUT2D eigenvalue weighted by atomic mass is 10.1. The van der Waals surface area contributed by atoms with Crippen molar-refractivity contribution in [2.24, 2.45) is 0 Å². The highest BCUT2D eigenvalue weighted by Crippen LogP contribution is 2.36. The molecular formula is C16H19F3N2O4S. The molecule has 1 unspecified atom stereocenters. The maximum absolute atomic E-state index is 13.2. The van der Waals surface area contributed by atoms with Crippen LogP contribution >= 0.6 is 0 Å². The molecular weight excluding hydrogens is 373 g/mol. The second-order valence-electron chi connectivity index (χ2n) is 6.48. The molecule has 1 amide bonds. The van der Waals surface area contributed by atoms with E-state index in [-0.39, 0.29) is 25.2 Å². The van der Waals surface area contributed by atoms with E-state index in [0.29, 0.717) is 19.4 Å². The molecule has 0 spiro atoms. The van der Waals surface area contributed by atoms with Crippen LogP contribution in [0.15, 0.2) is 29.2 Å². The molecule has 3 rings (SSSR count). The summed E-state index contributed by atoms with van der Waals surface area (Å²) >= 11 is 0. The van der Waals surface area contributed by atoms with E-state index in [4.69, 9.17) is 4.74 Å². The summed E-state index contributed by atoms with van der Waals surface area (Å²) in [5, 5.41) is 0. The molecule has 6 nitrogen and oxygen atoms in total. The first-order chi connectivity index (χ1) is 12.1. The predicted octanol–water partition coefficient (Wildman–Crippen LogP) is 2.70. The Morgan fingerprint density at radius 1 is 1.15 bits per heavy atom. The number of carbonyl (C=O) groups is 1. The minimum Gasteiger partial charge on any atom is -0.444 e. The third-order valence-corrected chi connectivity index (χ3v) is 6.62. The van der Waals surface area contributed by atoms with Gasteiger partial charge in [-0.05, 0) is 31.9 Å². The lowest BCUT2D eigenvalue weighted by Gasteiger charge is -2.35. The number of benzene rings is 1. The van der Waals surface area contributed by atoms with Crippen LogP contribution in [-0.2, 0) is 20.9 Å². The van der Waals surface area contributed by atoms with E-state index in [9.17, 15) is 26.4 Å². The fourth-order valence-electron chi connectivity index (χ4n) is 3.39. The molecule has 2 aliphatic heterocycles. The highest BCUT2D eigenvalue weighted by atomic mass is 32.2. The topological polar surface area (TPSA) is 66.9 Å². The van der Waals surface area contributed by atoms with Crippen molar-refractivity contribution >= 4 is 16.1 Å². The minimum absolute atomic E-state index is 0.0529. The van der Waals surface area contributed by atoms with Gasteiger partial charge in [0, 0.05) is 19.1 Å². The molecule has 26 heavy (non-hydrogen) atoms. The summed E-state index contributed by atoms with van der Waals surface area (Å²) in [6.07, 6.45) is -4.69. The maximum atomic E-state index is 13.2. The van der Waals surface area contributed by atoms with Crippen molar-refractivity contribution in [2.45, 2.75) is 43.0 Å². The SMILES string of the molecule is CC1CN(C2CCN(S(=O)(=O)c3ccccc3C(F)(F)F)CC2)C(=O)O1. The van der Waals surface area contributed by atoms with E-state index in [1.165, 1.54) is 6.07 Å². The Labute approximate surface area is 149 Å². The number of carbonyl (C=O) groups excluding carboxylic acids is 1. The smallest absolute Gasteiger partial charge is 0.417 e. The first kappa shape index (κ1) is 19.0. The number of halogens is 3. The van der Waals surface area contributed by atoms with Crippen LogP contribution in [0.5, 0.6) is 0 Å². The summed E-state index contributed by atoms with van der Waals surface area (Å²) in [5.41, 5.74) is -1.17. The van der Waals surface area contributed by atoms with E-state index in [1.807, 2.05) is 0 Å². The summed E-state index contributed by atoms with van der Waals surface area (Å²) in [6, 6.07) is 4.01. The van der Waals surface area contributed by atoms with Gasteiger partial charge in [0.25, 0.3) is 0 Å². The average molecular weight is 392 g/mol. The van der Waals surface area contributed by atoms with Crippen LogP contribution in [0.3, 0.4) is 0 Å². The minimum atomic E-state index is -4.75. The summed E-state index contributed by atoms with van der Waals surface area (Å²) in [5.74, 6) is 0. The molecule has 144 valence electrons. The van der Waals surface area contributed by atoms with Gasteiger partial charge < -0.3 is 9.64 Å². The van der Waals surface area contributed by atoms with Gasteiger partial charge in [-0.2, -0.15) is 17.5 Å². The third-order valence-electron chi connectivity index (χ3n) is 4.66. The molecule has 2 saturated heterocycles. The molecule has 1 aromatic rings. The zero-order chi connectivity index (χ0) is 19.1. The van der Waals surface area contributed by atoms with Gasteiger partial charge in [0.05, 0.1) is 17.0 Å². The van der Waals surface area contributed by atoms with Crippen molar-refractivity contribution in [2.75, 3.05) is 19.6 Å². The normalized spacial score (nSPS) is 23.3. The molecule has 0 radical (unpaired) electrons. The molecule has 2 fully saturated rings. The molecule has 1 aromatic carbocycles. The second kappa shape index (κ2) is 6.73. The molecule has 0 aliphatic carbocycles. The first-order valence-electron chi connectivity index (χ1n) is 8.24. The predicted molar refractivity (Wildman–Crippen MR) is 85.9 cm³/mol. The van der Waals surface area contributed by atoms with Crippen LogP contribution in [0.1, 0.15) is 25.3 Å². The quantitative estimate of drug-likeness (QED) is 0.793. The zero-order valence-corrected chi connectivity index (χ0v) is 14.9. The van der Waals surface area contributed by atoms with Crippen molar-refractivity contribution in [3.63, 3.8) is 0 Å². The summed E-state index contributed by atoms with van der Waals surface area (Å²) in [4.78, 5) is 12.6. The van der Waals surface area contributed by atoms with Crippen LogP contribution in [0.4, 0.5) is 18.0 Å². The number of sulfonamides is 1. The van der Waals surface area contributed by atoms with Gasteiger partial charge in [-0.25, -0.2) is 13.2 Å². The molecule has 0 N–H and O–H groups in total. The zero-order valence-electron chi connectivity index (χ0n) is 14.1. The van der Waals surface area contributed by atoms with E-state index in [1.54, 1.807) is 11.8 Å². The molecule has 2 aliphatic rings. The number of hydrogen-bond donors (Lipinski definition) is 0. The van der Waals surface area contributed by atoms with Gasteiger partial charge in [-0.1, -0.05) is 12.1 Å². The van der Waals surface area contributed by atoms with Gasteiger partial charge in [-0.3, -0.25) is 0 Å². The van der Waals surface area contributed by atoms with Gasteiger partial charge in [-0.15, -0.1) is 0 Å². The number of hydrogen-bond acceptors (Lipinski definition) is 4. The highest BCUT2D eigenvalue weighted by molar-refractivity contribution is 7.89. The Bertz CT molecular complexity index is 789. The van der Waals surface area contributed by atoms with Gasteiger partial charge in [0.1, 0.15) is 6.10 Å². The van der Waals surface area contributed by atoms with Crippen LogP contribution in [0.25, 0.3) is 0 Å². The molecule has 0 bridgehead atoms. The second-order valence-corrected chi connectivity index (χ2v) is 8.38. The monoisotopic (exact) mass is 392 g/mol. The van der Waals surface area contributed by atoms with Crippen molar-refractivity contribution in [3.05, 3.63) is 29.8 Å². The van der Waals surface area contributed by atoms with Crippen molar-refractivity contribution in [1.82, 2.24) is 9.21 Å². The van der Waals surface area contributed by atoms with Crippen LogP contribution in [0.2, 0.25) is 0 Å². The Balaban J connectivity index is 1.76. The fourth-order valence-corrected chi connectivity index (χ4v) is 5.07. The number of ether oxygens (including phenoxy) is 1. The van der Waals surface area contributed by atoms with Crippen LogP contribution < -0.4 is 0 Å². The Hall–Kier alpha value is -1.81. The van der Waals surface area contributed by atoms with Crippen LogP contribution in [0, 0.1) is 0 Å². The van der Waals surface area contributed by atoms with Crippen molar-refractivity contribution in [1.29, 1.82) is 0 Å². The first-order valence-corrected chi connectivity index (χ1v) is 9.68. The fraction of sp³-hybridized carbons (Fsp3) is 0.562. The lowest BCUT2D eigenvalue weighted by molar-refractivity contribution is -0.139. The van der Waals surface area contributed by atoms with Gasteiger partial charge >= 0.3 is 12.3 Å². The molecule has 1 atom stereocenters. The highest BCUT2D eigenvalue weighted by Gasteiger charge is 2.41. The molecule has 0 saturated carbocycles. The molecule has 10 heteroatoms. The number of piperidine rings is 1. The van der Waals surface area contributed by atoms with E-state index in [2.05, 4.69) is 0 Å². The van der Waals surface area contributed by atoms with Crippen molar-refractivity contribution in [3.8, 4) is 0 Å². The summed E-state index contributed by atoms with van der Waals surface area (Å²) in [7, 11) is -4.27. The summed E-state index contributed by atoms with van der Waals surface area (Å²) in [6.45, 7) is 2.31. The number of nitrogens with zero attached hydrogens (tertiary/aromatic N) is 2. The number of amides is 1. The van der Waals surface area contributed by atoms with Crippen LogP contribution in [-0.4, -0.2) is 55.5 Å². The van der Waals surface area contributed by atoms with E-state index in [0.717, 1.165) is 22.5 Å². The Morgan fingerprint density at radius 2 is 1.77 bits per heavy atom. The number of rotatable bonds is 3. The average Bonchev–Trinajstić information content (AvgIpc) is 2.92. The van der Waals surface area contributed by atoms with Crippen molar-refractivity contribution < 1.29 is 31.1 Å². The lowest BCUT2D eigenvalue weighted by Crippen LogP contribution is -2.47. The number of cyclic esters (lactones) is 1. The summed E-state index contributed by atoms with van der Waals surface area (Å²) < 4.78 is 71.0. The van der Waals surface area contributed by atoms with Gasteiger partial charge in [0.2, 0.25) is 10.0 Å². The Kier molecular flexibility index (Phi) is 4.91. The largest absolute Gasteiger partial charge is 0.444 e. The van der Waals surface area contributed by atoms with Gasteiger partial charge in [0.15, 0.2) is 0 Å².